The molecular formula is C46H59N2O10P. The first-order valence-corrected chi connectivity index (χ1v) is 21.9. The predicted molar refractivity (Wildman–Crippen MR) is 232 cm³/mol. The molecule has 0 amide bonds. The lowest BCUT2D eigenvalue weighted by Crippen LogP contribution is -2.18. The minimum Gasteiger partial charge on any atom is -0.497 e. The Balaban J connectivity index is 0.000000227. The van der Waals surface area contributed by atoms with Crippen molar-refractivity contribution in [1.29, 1.82) is 0 Å². The van der Waals surface area contributed by atoms with Crippen molar-refractivity contribution in [1.82, 2.24) is 10.6 Å². The number of ether oxygens (including phenoxy) is 4. The molecule has 0 spiro atoms. The normalized spacial score (nSPS) is 11.4. The molecule has 2 heterocycles. The standard InChI is InChI=1S/C23H30NO7P.C23H29NO3/c1-28-20-8-5-7-18(16-20)6-3-2-4-13-29-22-10-9-19(23-21(22)11-14-30-23)17-24-12-15-31-32(25,26)27;1-3-24-17-19-11-12-22(21-13-15-27-23(19)21)26-14-6-4-5-8-18-9-7-10-20(16-18)25-2/h5,7-11,14,16,24H,2-4,6,12-13,15,17H2,1H3,(H2,25,26,27);7,9-13,15-16,24H,3-6,8,14,17H2,1-2H3. The number of fused-ring (bicyclic) bond motifs is 2. The van der Waals surface area contributed by atoms with Crippen molar-refractivity contribution in [2.24, 2.45) is 0 Å². The first-order valence-electron chi connectivity index (χ1n) is 20.4. The Hall–Kier alpha value is -4.81. The van der Waals surface area contributed by atoms with Crippen LogP contribution >= 0.6 is 7.82 Å². The van der Waals surface area contributed by atoms with Crippen molar-refractivity contribution in [3.05, 3.63) is 120 Å². The topological polar surface area (TPSA) is 154 Å². The highest BCUT2D eigenvalue weighted by molar-refractivity contribution is 7.46. The zero-order chi connectivity index (χ0) is 41.7. The third-order valence-corrected chi connectivity index (χ3v) is 10.3. The SMILES string of the molecule is CCNCc1ccc(OCCCCCc2cccc(OC)c2)c2ccoc12.COc1cccc(CCCCCOc2ccc(CNCCOP(=O)(O)O)c3occc23)c1. The number of methoxy groups -OCH3 is 2. The number of aryl methyl sites for hydroxylation is 2. The highest BCUT2D eigenvalue weighted by atomic mass is 31.2. The van der Waals surface area contributed by atoms with Gasteiger partial charge >= 0.3 is 7.82 Å². The molecular weight excluding hydrogens is 771 g/mol. The smallest absolute Gasteiger partial charge is 0.469 e. The fourth-order valence-electron chi connectivity index (χ4n) is 6.67. The van der Waals surface area contributed by atoms with E-state index in [-0.39, 0.29) is 6.61 Å². The summed E-state index contributed by atoms with van der Waals surface area (Å²) in [5, 5.41) is 8.40. The number of benzene rings is 4. The summed E-state index contributed by atoms with van der Waals surface area (Å²) in [4.78, 5) is 17.4. The van der Waals surface area contributed by atoms with E-state index in [1.54, 1.807) is 26.7 Å². The van der Waals surface area contributed by atoms with Gasteiger partial charge in [0.25, 0.3) is 0 Å². The maximum atomic E-state index is 10.7. The van der Waals surface area contributed by atoms with E-state index in [1.807, 2.05) is 48.5 Å². The number of hydrogen-bond acceptors (Lipinski definition) is 10. The number of hydrogen-bond donors (Lipinski definition) is 4. The van der Waals surface area contributed by atoms with E-state index in [0.717, 1.165) is 122 Å². The van der Waals surface area contributed by atoms with Crippen LogP contribution in [-0.2, 0) is 35.0 Å². The molecule has 0 radical (unpaired) electrons. The van der Waals surface area contributed by atoms with Gasteiger partial charge in [-0.25, -0.2) is 4.57 Å². The van der Waals surface area contributed by atoms with Crippen LogP contribution in [0.1, 0.15) is 67.7 Å². The molecule has 0 atom stereocenters. The number of nitrogens with one attached hydrogen (secondary N) is 2. The second-order valence-electron chi connectivity index (χ2n) is 14.1. The summed E-state index contributed by atoms with van der Waals surface area (Å²) >= 11 is 0. The summed E-state index contributed by atoms with van der Waals surface area (Å²) in [5.74, 6) is 3.52. The Bertz CT molecular complexity index is 2180. The maximum Gasteiger partial charge on any atom is 0.469 e. The fraction of sp³-hybridized carbons (Fsp3) is 0.391. The van der Waals surface area contributed by atoms with Gasteiger partial charge in [-0.1, -0.05) is 43.3 Å². The number of phosphoric ester groups is 1. The number of phosphoric acid groups is 1. The van der Waals surface area contributed by atoms with Crippen molar-refractivity contribution in [2.45, 2.75) is 71.4 Å². The lowest BCUT2D eigenvalue weighted by atomic mass is 10.1. The lowest BCUT2D eigenvalue weighted by molar-refractivity contribution is 0.197. The average Bonchev–Trinajstić information content (AvgIpc) is 3.95. The second-order valence-corrected chi connectivity index (χ2v) is 15.3. The molecule has 0 aliphatic heterocycles. The van der Waals surface area contributed by atoms with Gasteiger partial charge in [0.2, 0.25) is 0 Å². The molecule has 0 unspecified atom stereocenters. The molecule has 2 aromatic heterocycles. The van der Waals surface area contributed by atoms with Gasteiger partial charge < -0.3 is 48.2 Å². The highest BCUT2D eigenvalue weighted by Crippen LogP contribution is 2.35. The zero-order valence-corrected chi connectivity index (χ0v) is 35.3. The second kappa shape index (κ2) is 24.3. The minimum atomic E-state index is -4.43. The van der Waals surface area contributed by atoms with Crippen LogP contribution in [-0.4, -0.2) is 56.9 Å². The van der Waals surface area contributed by atoms with Gasteiger partial charge in [-0.05, 0) is 118 Å². The van der Waals surface area contributed by atoms with Gasteiger partial charge in [0, 0.05) is 30.8 Å². The van der Waals surface area contributed by atoms with Crippen molar-refractivity contribution in [3.8, 4) is 23.0 Å². The van der Waals surface area contributed by atoms with Crippen LogP contribution in [0.3, 0.4) is 0 Å². The third-order valence-electron chi connectivity index (χ3n) is 9.74. The van der Waals surface area contributed by atoms with Crippen molar-refractivity contribution < 1.29 is 46.7 Å². The summed E-state index contributed by atoms with van der Waals surface area (Å²) < 4.78 is 49.0. The Morgan fingerprint density at radius 2 is 1.12 bits per heavy atom. The summed E-state index contributed by atoms with van der Waals surface area (Å²) in [6, 6.07) is 28.3. The molecule has 0 aliphatic carbocycles. The molecule has 12 nitrogen and oxygen atoms in total. The molecule has 13 heteroatoms. The molecule has 6 aromatic rings. The van der Waals surface area contributed by atoms with Crippen LogP contribution < -0.4 is 29.6 Å². The van der Waals surface area contributed by atoms with Crippen LogP contribution in [0, 0.1) is 0 Å². The van der Waals surface area contributed by atoms with Crippen LogP contribution in [0.5, 0.6) is 23.0 Å². The van der Waals surface area contributed by atoms with E-state index >= 15 is 0 Å². The summed E-state index contributed by atoms with van der Waals surface area (Å²) in [5.41, 5.74) is 6.37. The molecule has 0 saturated heterocycles. The predicted octanol–water partition coefficient (Wildman–Crippen LogP) is 9.77. The van der Waals surface area contributed by atoms with Gasteiger partial charge in [0.15, 0.2) is 0 Å². The zero-order valence-electron chi connectivity index (χ0n) is 34.5. The molecule has 0 bridgehead atoms. The molecule has 0 fully saturated rings. The Labute approximate surface area is 347 Å². The van der Waals surface area contributed by atoms with Crippen molar-refractivity contribution >= 4 is 29.8 Å². The Morgan fingerprint density at radius 1 is 0.610 bits per heavy atom. The van der Waals surface area contributed by atoms with Crippen LogP contribution in [0.25, 0.3) is 21.9 Å². The van der Waals surface area contributed by atoms with Gasteiger partial charge in [-0.2, -0.15) is 0 Å². The maximum absolute atomic E-state index is 10.7. The summed E-state index contributed by atoms with van der Waals surface area (Å²) in [6.45, 7) is 5.93. The fourth-order valence-corrected chi connectivity index (χ4v) is 7.00. The molecule has 4 aromatic carbocycles. The van der Waals surface area contributed by atoms with E-state index in [4.69, 9.17) is 37.6 Å². The van der Waals surface area contributed by atoms with Gasteiger partial charge in [0.05, 0.1) is 57.3 Å². The van der Waals surface area contributed by atoms with E-state index in [2.05, 4.69) is 58.5 Å². The van der Waals surface area contributed by atoms with E-state index in [1.165, 1.54) is 16.7 Å². The average molecular weight is 831 g/mol. The van der Waals surface area contributed by atoms with E-state index < -0.39 is 7.82 Å². The number of unbranched alkanes of at least 4 members (excludes halogenated alkanes) is 4. The van der Waals surface area contributed by atoms with Crippen molar-refractivity contribution in [3.63, 3.8) is 0 Å². The molecule has 59 heavy (non-hydrogen) atoms. The monoisotopic (exact) mass is 830 g/mol. The van der Waals surface area contributed by atoms with Crippen LogP contribution in [0.15, 0.2) is 106 Å². The van der Waals surface area contributed by atoms with Gasteiger partial charge in [0.1, 0.15) is 34.2 Å². The molecule has 0 saturated carbocycles. The molecule has 318 valence electrons. The van der Waals surface area contributed by atoms with Gasteiger partial charge in [-0.15, -0.1) is 0 Å². The number of rotatable bonds is 25. The molecule has 6 rings (SSSR count). The quantitative estimate of drug-likeness (QED) is 0.0321. The lowest BCUT2D eigenvalue weighted by Gasteiger charge is -2.11. The summed E-state index contributed by atoms with van der Waals surface area (Å²) in [7, 11) is -1.04. The largest absolute Gasteiger partial charge is 0.497 e. The van der Waals surface area contributed by atoms with Crippen LogP contribution in [0.4, 0.5) is 0 Å². The van der Waals surface area contributed by atoms with E-state index in [9.17, 15) is 4.57 Å². The summed E-state index contributed by atoms with van der Waals surface area (Å²) in [6.07, 6.45) is 11.9. The first kappa shape index (κ1) is 45.3. The Morgan fingerprint density at radius 3 is 1.59 bits per heavy atom. The minimum absolute atomic E-state index is 0.0788. The molecule has 0 aliphatic rings. The van der Waals surface area contributed by atoms with E-state index in [0.29, 0.717) is 19.7 Å². The number of furan rings is 2. The first-order chi connectivity index (χ1) is 28.8. The Kier molecular flexibility index (Phi) is 18.7. The highest BCUT2D eigenvalue weighted by Gasteiger charge is 2.14. The molecule has 4 N–H and O–H groups in total. The van der Waals surface area contributed by atoms with Gasteiger partial charge in [-0.3, -0.25) is 4.52 Å². The third kappa shape index (κ3) is 15.1. The van der Waals surface area contributed by atoms with Crippen molar-refractivity contribution in [2.75, 3.05) is 47.1 Å². The van der Waals surface area contributed by atoms with Crippen LogP contribution in [0.2, 0.25) is 0 Å².